The van der Waals surface area contributed by atoms with Crippen molar-refractivity contribution in [2.75, 3.05) is 6.61 Å². The quantitative estimate of drug-likeness (QED) is 0.921. The van der Waals surface area contributed by atoms with Gasteiger partial charge in [-0.1, -0.05) is 30.3 Å². The van der Waals surface area contributed by atoms with E-state index in [0.29, 0.717) is 5.75 Å². The molecule has 0 bridgehead atoms. The summed E-state index contributed by atoms with van der Waals surface area (Å²) in [5.74, 6) is 0.444. The summed E-state index contributed by atoms with van der Waals surface area (Å²) < 4.78 is 41.2. The number of fused-ring (bicyclic) bond motifs is 1. The third-order valence-electron chi connectivity index (χ3n) is 2.63. The molecular weight excluding hydrogens is 257 g/mol. The van der Waals surface area contributed by atoms with Gasteiger partial charge in [0.2, 0.25) is 0 Å². The van der Waals surface area contributed by atoms with E-state index in [2.05, 4.69) is 0 Å². The molecule has 19 heavy (non-hydrogen) atoms. The van der Waals surface area contributed by atoms with Gasteiger partial charge >= 0.3 is 6.18 Å². The van der Waals surface area contributed by atoms with Crippen LogP contribution in [0.1, 0.15) is 6.42 Å². The first-order chi connectivity index (χ1) is 8.94. The number of hydrogen-bond acceptors (Lipinski definition) is 2. The molecule has 2 aromatic carbocycles. The predicted molar refractivity (Wildman–Crippen MR) is 66.1 cm³/mol. The van der Waals surface area contributed by atoms with Crippen LogP contribution >= 0.6 is 0 Å². The number of aliphatic hydroxyl groups excluding tert-OH is 1. The number of rotatable bonds is 4. The first kappa shape index (κ1) is 13.7. The predicted octanol–water partition coefficient (Wildman–Crippen LogP) is 3.53. The molecule has 0 aromatic heterocycles. The van der Waals surface area contributed by atoms with Crippen molar-refractivity contribution in [3.8, 4) is 5.75 Å². The number of benzene rings is 2. The Hall–Kier alpha value is -1.75. The highest BCUT2D eigenvalue weighted by Gasteiger charge is 2.31. The van der Waals surface area contributed by atoms with Gasteiger partial charge in [0.15, 0.2) is 0 Å². The highest BCUT2D eigenvalue weighted by atomic mass is 19.4. The summed E-state index contributed by atoms with van der Waals surface area (Å²) >= 11 is 0. The maximum absolute atomic E-state index is 12.0. The zero-order chi connectivity index (χ0) is 13.9. The SMILES string of the molecule is OC(COc1ccc2ccccc2c1)CC(F)(F)F. The Bertz CT molecular complexity index is 552. The van der Waals surface area contributed by atoms with Gasteiger partial charge in [-0.15, -0.1) is 0 Å². The molecule has 1 atom stereocenters. The normalized spacial score (nSPS) is 13.5. The minimum absolute atomic E-state index is 0.377. The molecule has 0 saturated heterocycles. The van der Waals surface area contributed by atoms with E-state index >= 15 is 0 Å². The second kappa shape index (κ2) is 5.48. The molecule has 0 aliphatic rings. The van der Waals surface area contributed by atoms with E-state index in [1.807, 2.05) is 30.3 Å². The first-order valence-electron chi connectivity index (χ1n) is 5.80. The Kier molecular flexibility index (Phi) is 3.95. The van der Waals surface area contributed by atoms with Gasteiger partial charge in [0.25, 0.3) is 0 Å². The molecule has 1 unspecified atom stereocenters. The standard InChI is InChI=1S/C14H13F3O2/c15-14(16,17)8-12(18)9-19-13-6-5-10-3-1-2-4-11(10)7-13/h1-7,12,18H,8-9H2. The van der Waals surface area contributed by atoms with Crippen molar-refractivity contribution in [3.63, 3.8) is 0 Å². The third-order valence-corrected chi connectivity index (χ3v) is 2.63. The molecule has 1 N–H and O–H groups in total. The molecule has 2 rings (SSSR count). The minimum Gasteiger partial charge on any atom is -0.491 e. The van der Waals surface area contributed by atoms with Crippen molar-refractivity contribution >= 4 is 10.8 Å². The topological polar surface area (TPSA) is 29.5 Å². The molecule has 2 nitrogen and oxygen atoms in total. The highest BCUT2D eigenvalue weighted by molar-refractivity contribution is 5.83. The van der Waals surface area contributed by atoms with E-state index in [0.717, 1.165) is 10.8 Å². The van der Waals surface area contributed by atoms with Gasteiger partial charge in [-0.05, 0) is 22.9 Å². The van der Waals surface area contributed by atoms with Crippen LogP contribution in [0.5, 0.6) is 5.75 Å². The lowest BCUT2D eigenvalue weighted by Crippen LogP contribution is -2.25. The minimum atomic E-state index is -4.38. The number of ether oxygens (including phenoxy) is 1. The fourth-order valence-electron chi connectivity index (χ4n) is 1.78. The Labute approximate surface area is 108 Å². The molecule has 0 amide bonds. The monoisotopic (exact) mass is 270 g/mol. The van der Waals surface area contributed by atoms with E-state index in [9.17, 15) is 18.3 Å². The zero-order valence-corrected chi connectivity index (χ0v) is 10.0. The van der Waals surface area contributed by atoms with Crippen molar-refractivity contribution in [2.24, 2.45) is 0 Å². The van der Waals surface area contributed by atoms with Gasteiger partial charge in [-0.3, -0.25) is 0 Å². The van der Waals surface area contributed by atoms with Crippen LogP contribution in [0.25, 0.3) is 10.8 Å². The van der Waals surface area contributed by atoms with E-state index < -0.39 is 18.7 Å². The van der Waals surface area contributed by atoms with E-state index in [1.54, 1.807) is 12.1 Å². The molecule has 0 aliphatic carbocycles. The van der Waals surface area contributed by atoms with Gasteiger partial charge in [0.05, 0.1) is 12.5 Å². The summed E-state index contributed by atoms with van der Waals surface area (Å²) in [6, 6.07) is 12.8. The fraction of sp³-hybridized carbons (Fsp3) is 0.286. The summed E-state index contributed by atoms with van der Waals surface area (Å²) in [5, 5.41) is 11.2. The summed E-state index contributed by atoms with van der Waals surface area (Å²) in [4.78, 5) is 0. The zero-order valence-electron chi connectivity index (χ0n) is 10.0. The first-order valence-corrected chi connectivity index (χ1v) is 5.80. The Balaban J connectivity index is 1.98. The second-order valence-corrected chi connectivity index (χ2v) is 4.29. The van der Waals surface area contributed by atoms with E-state index in [4.69, 9.17) is 4.74 Å². The largest absolute Gasteiger partial charge is 0.491 e. The van der Waals surface area contributed by atoms with Gasteiger partial charge in [0.1, 0.15) is 12.4 Å². The highest BCUT2D eigenvalue weighted by Crippen LogP contribution is 2.23. The molecular formula is C14H13F3O2. The van der Waals surface area contributed by atoms with Crippen LogP contribution in [0.4, 0.5) is 13.2 Å². The molecule has 2 aromatic rings. The summed E-state index contributed by atoms with van der Waals surface area (Å²) in [5.41, 5.74) is 0. The lowest BCUT2D eigenvalue weighted by molar-refractivity contribution is -0.156. The van der Waals surface area contributed by atoms with Gasteiger partial charge in [0, 0.05) is 0 Å². The number of hydrogen-bond donors (Lipinski definition) is 1. The van der Waals surface area contributed by atoms with Crippen LogP contribution < -0.4 is 4.74 Å². The van der Waals surface area contributed by atoms with Crippen molar-refractivity contribution in [1.82, 2.24) is 0 Å². The lowest BCUT2D eigenvalue weighted by Gasteiger charge is -2.14. The third kappa shape index (κ3) is 4.13. The van der Waals surface area contributed by atoms with Crippen LogP contribution in [0, 0.1) is 0 Å². The molecule has 0 saturated carbocycles. The molecule has 5 heteroatoms. The summed E-state index contributed by atoms with van der Waals surface area (Å²) in [6.45, 7) is -0.377. The van der Waals surface area contributed by atoms with Crippen LogP contribution in [-0.2, 0) is 0 Å². The lowest BCUT2D eigenvalue weighted by atomic mass is 10.1. The Morgan fingerprint density at radius 1 is 1.05 bits per heavy atom. The van der Waals surface area contributed by atoms with Crippen molar-refractivity contribution in [2.45, 2.75) is 18.7 Å². The average Bonchev–Trinajstić information content (AvgIpc) is 2.34. The molecule has 102 valence electrons. The second-order valence-electron chi connectivity index (χ2n) is 4.29. The van der Waals surface area contributed by atoms with Gasteiger partial charge < -0.3 is 9.84 Å². The molecule has 0 radical (unpaired) electrons. The van der Waals surface area contributed by atoms with Crippen LogP contribution in [0.3, 0.4) is 0 Å². The van der Waals surface area contributed by atoms with E-state index in [1.165, 1.54) is 0 Å². The van der Waals surface area contributed by atoms with Crippen LogP contribution in [-0.4, -0.2) is 24.0 Å². The smallest absolute Gasteiger partial charge is 0.391 e. The summed E-state index contributed by atoms with van der Waals surface area (Å²) in [6.07, 6.45) is -7.20. The maximum Gasteiger partial charge on any atom is 0.391 e. The molecule has 0 fully saturated rings. The summed E-state index contributed by atoms with van der Waals surface area (Å²) in [7, 11) is 0. The number of halogens is 3. The van der Waals surface area contributed by atoms with Crippen LogP contribution in [0.2, 0.25) is 0 Å². The van der Waals surface area contributed by atoms with Crippen molar-refractivity contribution < 1.29 is 23.0 Å². The van der Waals surface area contributed by atoms with Crippen molar-refractivity contribution in [1.29, 1.82) is 0 Å². The molecule has 0 spiro atoms. The number of alkyl halides is 3. The van der Waals surface area contributed by atoms with Gasteiger partial charge in [-0.25, -0.2) is 0 Å². The fourth-order valence-corrected chi connectivity index (χ4v) is 1.78. The maximum atomic E-state index is 12.0. The van der Waals surface area contributed by atoms with Crippen molar-refractivity contribution in [3.05, 3.63) is 42.5 Å². The van der Waals surface area contributed by atoms with Gasteiger partial charge in [-0.2, -0.15) is 13.2 Å². The van der Waals surface area contributed by atoms with E-state index in [-0.39, 0.29) is 6.61 Å². The number of aliphatic hydroxyl groups is 1. The Morgan fingerprint density at radius 2 is 1.74 bits per heavy atom. The molecule has 0 aliphatic heterocycles. The Morgan fingerprint density at radius 3 is 2.42 bits per heavy atom. The average molecular weight is 270 g/mol. The van der Waals surface area contributed by atoms with Crippen LogP contribution in [0.15, 0.2) is 42.5 Å². The molecule has 0 heterocycles.